The smallest absolute Gasteiger partial charge is 0.119 e. The molecule has 0 bridgehead atoms. The summed E-state index contributed by atoms with van der Waals surface area (Å²) in [4.78, 5) is 0. The predicted molar refractivity (Wildman–Crippen MR) is 70.5 cm³/mol. The molecule has 0 aliphatic heterocycles. The standard InChI is InChI=1S/C15H20O/c1-4-13(5-2)8-6-9-14-10-7-11-15(16)12(14)3/h6-11,16H,4-5H2,1-3H3/b9-6-. The van der Waals surface area contributed by atoms with Gasteiger partial charge in [0, 0.05) is 0 Å². The fourth-order valence-electron chi connectivity index (χ4n) is 1.59. The van der Waals surface area contributed by atoms with Crippen molar-refractivity contribution in [1.29, 1.82) is 0 Å². The molecule has 0 saturated heterocycles. The molecule has 0 radical (unpaired) electrons. The largest absolute Gasteiger partial charge is 0.508 e. The predicted octanol–water partition coefficient (Wildman–Crippen LogP) is 4.46. The minimum Gasteiger partial charge on any atom is -0.508 e. The van der Waals surface area contributed by atoms with Crippen molar-refractivity contribution in [2.75, 3.05) is 0 Å². The Hall–Kier alpha value is -1.50. The SMILES string of the molecule is CCC(=C/C=C\c1cccc(O)c1C)CC. The molecule has 1 heteroatoms. The molecule has 1 aromatic rings. The van der Waals surface area contributed by atoms with Crippen molar-refractivity contribution >= 4 is 6.08 Å². The minimum absolute atomic E-state index is 0.359. The molecular formula is C15H20O. The first-order chi connectivity index (χ1) is 7.69. The van der Waals surface area contributed by atoms with Gasteiger partial charge < -0.3 is 5.11 Å². The van der Waals surface area contributed by atoms with Gasteiger partial charge in [-0.25, -0.2) is 0 Å². The molecule has 0 amide bonds. The lowest BCUT2D eigenvalue weighted by molar-refractivity contribution is 0.471. The van der Waals surface area contributed by atoms with Crippen LogP contribution in [0.25, 0.3) is 6.08 Å². The summed E-state index contributed by atoms with van der Waals surface area (Å²) in [6, 6.07) is 5.59. The van der Waals surface area contributed by atoms with Crippen molar-refractivity contribution in [3.63, 3.8) is 0 Å². The van der Waals surface area contributed by atoms with Gasteiger partial charge in [0.25, 0.3) is 0 Å². The van der Waals surface area contributed by atoms with Gasteiger partial charge in [-0.05, 0) is 37.0 Å². The molecule has 16 heavy (non-hydrogen) atoms. The lowest BCUT2D eigenvalue weighted by Crippen LogP contribution is -1.80. The molecule has 0 unspecified atom stereocenters. The molecule has 0 heterocycles. The second-order valence-corrected chi connectivity index (χ2v) is 3.88. The van der Waals surface area contributed by atoms with Crippen LogP contribution in [0.5, 0.6) is 5.75 Å². The number of phenols is 1. The number of phenolic OH excluding ortho intramolecular Hbond substituents is 1. The molecule has 0 aliphatic carbocycles. The fourth-order valence-corrected chi connectivity index (χ4v) is 1.59. The number of allylic oxidation sites excluding steroid dienone is 3. The van der Waals surface area contributed by atoms with Crippen molar-refractivity contribution in [2.24, 2.45) is 0 Å². The van der Waals surface area contributed by atoms with Crippen LogP contribution in [0.3, 0.4) is 0 Å². The fraction of sp³-hybridized carbons (Fsp3) is 0.333. The van der Waals surface area contributed by atoms with Crippen LogP contribution in [0.1, 0.15) is 37.8 Å². The van der Waals surface area contributed by atoms with Crippen LogP contribution in [0.2, 0.25) is 0 Å². The van der Waals surface area contributed by atoms with Crippen molar-refractivity contribution in [2.45, 2.75) is 33.6 Å². The zero-order valence-electron chi connectivity index (χ0n) is 10.3. The van der Waals surface area contributed by atoms with Gasteiger partial charge in [-0.1, -0.05) is 49.8 Å². The van der Waals surface area contributed by atoms with E-state index < -0.39 is 0 Å². The zero-order chi connectivity index (χ0) is 12.0. The molecule has 1 rings (SSSR count). The van der Waals surface area contributed by atoms with Gasteiger partial charge in [-0.2, -0.15) is 0 Å². The molecular weight excluding hydrogens is 196 g/mol. The van der Waals surface area contributed by atoms with Crippen LogP contribution in [-0.2, 0) is 0 Å². The Morgan fingerprint density at radius 2 is 1.94 bits per heavy atom. The lowest BCUT2D eigenvalue weighted by atomic mass is 10.1. The van der Waals surface area contributed by atoms with E-state index in [1.54, 1.807) is 6.07 Å². The summed E-state index contributed by atoms with van der Waals surface area (Å²) in [5.74, 6) is 0.359. The molecule has 1 nitrogen and oxygen atoms in total. The third-order valence-corrected chi connectivity index (χ3v) is 2.86. The van der Waals surface area contributed by atoms with E-state index in [0.717, 1.165) is 24.0 Å². The minimum atomic E-state index is 0.359. The monoisotopic (exact) mass is 216 g/mol. The number of hydrogen-bond acceptors (Lipinski definition) is 1. The summed E-state index contributed by atoms with van der Waals surface area (Å²) in [5, 5.41) is 9.55. The number of benzene rings is 1. The molecule has 0 aromatic heterocycles. The Bertz CT molecular complexity index is 394. The molecule has 0 atom stereocenters. The normalized spacial score (nSPS) is 10.7. The topological polar surface area (TPSA) is 20.2 Å². The number of rotatable bonds is 4. The highest BCUT2D eigenvalue weighted by Gasteiger charge is 1.97. The first-order valence-corrected chi connectivity index (χ1v) is 5.83. The van der Waals surface area contributed by atoms with Crippen molar-refractivity contribution < 1.29 is 5.11 Å². The van der Waals surface area contributed by atoms with Crippen LogP contribution in [-0.4, -0.2) is 5.11 Å². The third kappa shape index (κ3) is 3.27. The van der Waals surface area contributed by atoms with Gasteiger partial charge >= 0.3 is 0 Å². The van der Waals surface area contributed by atoms with Gasteiger partial charge in [0.15, 0.2) is 0 Å². The van der Waals surface area contributed by atoms with E-state index >= 15 is 0 Å². The van der Waals surface area contributed by atoms with E-state index in [4.69, 9.17) is 0 Å². The lowest BCUT2D eigenvalue weighted by Gasteiger charge is -2.02. The summed E-state index contributed by atoms with van der Waals surface area (Å²) in [5.41, 5.74) is 3.44. The van der Waals surface area contributed by atoms with Crippen LogP contribution in [0.15, 0.2) is 35.9 Å². The average molecular weight is 216 g/mol. The zero-order valence-corrected chi connectivity index (χ0v) is 10.3. The first kappa shape index (κ1) is 12.6. The van der Waals surface area contributed by atoms with E-state index in [9.17, 15) is 5.11 Å². The molecule has 1 aromatic carbocycles. The second kappa shape index (κ2) is 6.16. The Labute approximate surface area is 98.1 Å². The second-order valence-electron chi connectivity index (χ2n) is 3.88. The summed E-state index contributed by atoms with van der Waals surface area (Å²) in [7, 11) is 0. The van der Waals surface area contributed by atoms with E-state index in [1.165, 1.54) is 5.57 Å². The Morgan fingerprint density at radius 1 is 1.25 bits per heavy atom. The quantitative estimate of drug-likeness (QED) is 0.737. The van der Waals surface area contributed by atoms with Crippen LogP contribution >= 0.6 is 0 Å². The molecule has 1 N–H and O–H groups in total. The average Bonchev–Trinajstić information content (AvgIpc) is 2.30. The van der Waals surface area contributed by atoms with Gasteiger partial charge in [-0.15, -0.1) is 0 Å². The Balaban J connectivity index is 2.84. The van der Waals surface area contributed by atoms with Crippen LogP contribution < -0.4 is 0 Å². The van der Waals surface area contributed by atoms with Gasteiger partial charge in [0.2, 0.25) is 0 Å². The maximum absolute atomic E-state index is 9.55. The molecule has 86 valence electrons. The number of hydrogen-bond donors (Lipinski definition) is 1. The highest BCUT2D eigenvalue weighted by atomic mass is 16.3. The maximum Gasteiger partial charge on any atom is 0.119 e. The Morgan fingerprint density at radius 3 is 2.56 bits per heavy atom. The molecule has 0 saturated carbocycles. The third-order valence-electron chi connectivity index (χ3n) is 2.86. The van der Waals surface area contributed by atoms with Gasteiger partial charge in [-0.3, -0.25) is 0 Å². The molecule has 0 spiro atoms. The summed E-state index contributed by atoms with van der Waals surface area (Å²) >= 11 is 0. The van der Waals surface area contributed by atoms with E-state index in [-0.39, 0.29) is 0 Å². The summed E-state index contributed by atoms with van der Waals surface area (Å²) < 4.78 is 0. The van der Waals surface area contributed by atoms with Gasteiger partial charge in [0.05, 0.1) is 0 Å². The maximum atomic E-state index is 9.55. The highest BCUT2D eigenvalue weighted by molar-refractivity contribution is 5.58. The van der Waals surface area contributed by atoms with Crippen molar-refractivity contribution in [3.05, 3.63) is 47.1 Å². The first-order valence-electron chi connectivity index (χ1n) is 5.83. The Kier molecular flexibility index (Phi) is 4.84. The summed E-state index contributed by atoms with van der Waals surface area (Å²) in [6.45, 7) is 6.27. The van der Waals surface area contributed by atoms with E-state index in [1.807, 2.05) is 25.1 Å². The highest BCUT2D eigenvalue weighted by Crippen LogP contribution is 2.20. The molecule has 0 fully saturated rings. The molecule has 0 aliphatic rings. The number of aromatic hydroxyl groups is 1. The van der Waals surface area contributed by atoms with Gasteiger partial charge in [0.1, 0.15) is 5.75 Å². The van der Waals surface area contributed by atoms with Crippen molar-refractivity contribution in [1.82, 2.24) is 0 Å². The van der Waals surface area contributed by atoms with Crippen molar-refractivity contribution in [3.8, 4) is 5.75 Å². The van der Waals surface area contributed by atoms with E-state index in [0.29, 0.717) is 5.75 Å². The van der Waals surface area contributed by atoms with E-state index in [2.05, 4.69) is 26.0 Å². The summed E-state index contributed by atoms with van der Waals surface area (Å²) in [6.07, 6.45) is 8.45. The van der Waals surface area contributed by atoms with Crippen LogP contribution in [0, 0.1) is 6.92 Å². The van der Waals surface area contributed by atoms with Crippen LogP contribution in [0.4, 0.5) is 0 Å².